The summed E-state index contributed by atoms with van der Waals surface area (Å²) < 4.78 is 0. The number of rotatable bonds is 3. The van der Waals surface area contributed by atoms with E-state index in [9.17, 15) is 0 Å². The van der Waals surface area contributed by atoms with Gasteiger partial charge in [0.2, 0.25) is 0 Å². The SMILES string of the molecule is Cl.Cl.Clc1cnccc1CN1CCN(C2CCNC2)CC1. The van der Waals surface area contributed by atoms with Crippen LogP contribution in [0.4, 0.5) is 0 Å². The number of hydrogen-bond acceptors (Lipinski definition) is 4. The Bertz CT molecular complexity index is 418. The second-order valence-electron chi connectivity index (χ2n) is 5.43. The summed E-state index contributed by atoms with van der Waals surface area (Å²) in [5.74, 6) is 0. The molecule has 0 bridgehead atoms. The molecule has 0 aliphatic carbocycles. The molecule has 2 aliphatic rings. The van der Waals surface area contributed by atoms with Gasteiger partial charge in [-0.05, 0) is 24.6 Å². The quantitative estimate of drug-likeness (QED) is 0.901. The lowest BCUT2D eigenvalue weighted by molar-refractivity contribution is 0.0981. The summed E-state index contributed by atoms with van der Waals surface area (Å²) in [7, 11) is 0. The maximum atomic E-state index is 6.17. The molecule has 1 unspecified atom stereocenters. The Hall–Kier alpha value is -0.100. The molecule has 7 heteroatoms. The van der Waals surface area contributed by atoms with Crippen molar-refractivity contribution in [2.75, 3.05) is 39.3 Å². The number of hydrogen-bond donors (Lipinski definition) is 1. The number of nitrogens with zero attached hydrogens (tertiary/aromatic N) is 3. The van der Waals surface area contributed by atoms with Crippen LogP contribution < -0.4 is 5.32 Å². The van der Waals surface area contributed by atoms with Crippen molar-refractivity contribution in [3.63, 3.8) is 0 Å². The lowest BCUT2D eigenvalue weighted by Gasteiger charge is -2.37. The van der Waals surface area contributed by atoms with Crippen molar-refractivity contribution >= 4 is 36.4 Å². The van der Waals surface area contributed by atoms with Gasteiger partial charge in [0, 0.05) is 57.7 Å². The largest absolute Gasteiger partial charge is 0.315 e. The number of piperazine rings is 1. The van der Waals surface area contributed by atoms with Gasteiger partial charge in [0.15, 0.2) is 0 Å². The van der Waals surface area contributed by atoms with Gasteiger partial charge in [-0.3, -0.25) is 14.8 Å². The molecule has 0 radical (unpaired) electrons. The predicted molar refractivity (Wildman–Crippen MR) is 91.9 cm³/mol. The molecule has 0 amide bonds. The fourth-order valence-electron chi connectivity index (χ4n) is 3.01. The highest BCUT2D eigenvalue weighted by atomic mass is 35.5. The Balaban J connectivity index is 0.00000110. The fraction of sp³-hybridized carbons (Fsp3) is 0.643. The van der Waals surface area contributed by atoms with E-state index in [-0.39, 0.29) is 24.8 Å². The summed E-state index contributed by atoms with van der Waals surface area (Å²) >= 11 is 6.17. The van der Waals surface area contributed by atoms with Crippen LogP contribution in [0.15, 0.2) is 18.5 Å². The Labute approximate surface area is 144 Å². The Morgan fingerprint density at radius 2 is 2.00 bits per heavy atom. The molecular formula is C14H23Cl3N4. The topological polar surface area (TPSA) is 31.4 Å². The molecule has 0 saturated carbocycles. The van der Waals surface area contributed by atoms with Gasteiger partial charge >= 0.3 is 0 Å². The van der Waals surface area contributed by atoms with Gasteiger partial charge < -0.3 is 5.32 Å². The monoisotopic (exact) mass is 352 g/mol. The van der Waals surface area contributed by atoms with Crippen molar-refractivity contribution in [3.8, 4) is 0 Å². The third-order valence-corrected chi connectivity index (χ3v) is 4.55. The Morgan fingerprint density at radius 1 is 1.24 bits per heavy atom. The summed E-state index contributed by atoms with van der Waals surface area (Å²) in [6.45, 7) is 7.90. The molecule has 0 spiro atoms. The highest BCUT2D eigenvalue weighted by molar-refractivity contribution is 6.31. The molecule has 4 nitrogen and oxygen atoms in total. The van der Waals surface area contributed by atoms with Crippen LogP contribution in [0.2, 0.25) is 5.02 Å². The van der Waals surface area contributed by atoms with Crippen LogP contribution in [0.5, 0.6) is 0 Å². The smallest absolute Gasteiger partial charge is 0.0634 e. The zero-order valence-corrected chi connectivity index (χ0v) is 14.4. The summed E-state index contributed by atoms with van der Waals surface area (Å²) in [5, 5.41) is 4.23. The molecule has 2 aliphatic heterocycles. The molecule has 3 heterocycles. The summed E-state index contributed by atoms with van der Waals surface area (Å²) in [6, 6.07) is 2.78. The van der Waals surface area contributed by atoms with E-state index < -0.39 is 0 Å². The molecule has 1 atom stereocenters. The van der Waals surface area contributed by atoms with Crippen LogP contribution in [0.3, 0.4) is 0 Å². The summed E-state index contributed by atoms with van der Waals surface area (Å²) in [5.41, 5.74) is 1.19. The van der Waals surface area contributed by atoms with E-state index in [0.29, 0.717) is 0 Å². The van der Waals surface area contributed by atoms with E-state index in [1.165, 1.54) is 31.6 Å². The van der Waals surface area contributed by atoms with Crippen molar-refractivity contribution in [1.29, 1.82) is 0 Å². The van der Waals surface area contributed by atoms with Crippen molar-refractivity contribution in [2.45, 2.75) is 19.0 Å². The molecule has 1 aromatic rings. The first-order chi connectivity index (χ1) is 9.33. The van der Waals surface area contributed by atoms with Gasteiger partial charge in [-0.15, -0.1) is 24.8 Å². The fourth-order valence-corrected chi connectivity index (χ4v) is 3.19. The molecule has 21 heavy (non-hydrogen) atoms. The van der Waals surface area contributed by atoms with Gasteiger partial charge in [0.05, 0.1) is 5.02 Å². The molecular weight excluding hydrogens is 331 g/mol. The molecule has 1 N–H and O–H groups in total. The zero-order valence-electron chi connectivity index (χ0n) is 12.0. The first-order valence-electron chi connectivity index (χ1n) is 7.08. The molecule has 3 rings (SSSR count). The summed E-state index contributed by atoms with van der Waals surface area (Å²) in [4.78, 5) is 9.15. The molecule has 0 aromatic carbocycles. The highest BCUT2D eigenvalue weighted by Gasteiger charge is 2.25. The molecule has 2 fully saturated rings. The maximum absolute atomic E-state index is 6.17. The van der Waals surface area contributed by atoms with E-state index in [1.54, 1.807) is 6.20 Å². The zero-order chi connectivity index (χ0) is 13.1. The van der Waals surface area contributed by atoms with Gasteiger partial charge in [0.25, 0.3) is 0 Å². The average Bonchev–Trinajstić information content (AvgIpc) is 2.96. The first-order valence-corrected chi connectivity index (χ1v) is 7.46. The van der Waals surface area contributed by atoms with Crippen LogP contribution in [0, 0.1) is 0 Å². The lowest BCUT2D eigenvalue weighted by atomic mass is 10.1. The minimum absolute atomic E-state index is 0. The third kappa shape index (κ3) is 4.95. The first kappa shape index (κ1) is 18.9. The number of halogens is 3. The predicted octanol–water partition coefficient (Wildman–Crippen LogP) is 2.06. The minimum Gasteiger partial charge on any atom is -0.315 e. The lowest BCUT2D eigenvalue weighted by Crippen LogP contribution is -2.50. The van der Waals surface area contributed by atoms with Gasteiger partial charge in [-0.1, -0.05) is 11.6 Å². The third-order valence-electron chi connectivity index (χ3n) is 4.21. The Kier molecular flexibility index (Phi) is 8.24. The van der Waals surface area contributed by atoms with Crippen LogP contribution in [0.1, 0.15) is 12.0 Å². The van der Waals surface area contributed by atoms with Crippen molar-refractivity contribution in [1.82, 2.24) is 20.1 Å². The van der Waals surface area contributed by atoms with E-state index >= 15 is 0 Å². The van der Waals surface area contributed by atoms with Gasteiger partial charge in [-0.2, -0.15) is 0 Å². The van der Waals surface area contributed by atoms with Crippen LogP contribution >= 0.6 is 36.4 Å². The standard InChI is InChI=1S/C14H21ClN4.2ClH/c15-14-10-17-3-1-12(14)11-18-5-7-19(8-6-18)13-2-4-16-9-13;;/h1,3,10,13,16H,2,4-9,11H2;2*1H. The second kappa shape index (κ2) is 9.13. The Morgan fingerprint density at radius 3 is 2.62 bits per heavy atom. The highest BCUT2D eigenvalue weighted by Crippen LogP contribution is 2.18. The van der Waals surface area contributed by atoms with Crippen molar-refractivity contribution < 1.29 is 0 Å². The van der Waals surface area contributed by atoms with E-state index in [1.807, 2.05) is 12.3 Å². The maximum Gasteiger partial charge on any atom is 0.0634 e. The molecule has 120 valence electrons. The van der Waals surface area contributed by atoms with Crippen molar-refractivity contribution in [2.24, 2.45) is 0 Å². The van der Waals surface area contributed by atoms with Crippen LogP contribution in [0.25, 0.3) is 0 Å². The van der Waals surface area contributed by atoms with Gasteiger partial charge in [-0.25, -0.2) is 0 Å². The minimum atomic E-state index is 0. The van der Waals surface area contributed by atoms with Crippen LogP contribution in [-0.2, 0) is 6.54 Å². The van der Waals surface area contributed by atoms with E-state index in [0.717, 1.165) is 37.2 Å². The van der Waals surface area contributed by atoms with Crippen LogP contribution in [-0.4, -0.2) is 60.1 Å². The number of pyridine rings is 1. The molecule has 1 aromatic heterocycles. The normalized spacial score (nSPS) is 23.4. The second-order valence-corrected chi connectivity index (χ2v) is 5.83. The number of aromatic nitrogens is 1. The average molecular weight is 354 g/mol. The molecule has 2 saturated heterocycles. The van der Waals surface area contributed by atoms with Crippen molar-refractivity contribution in [3.05, 3.63) is 29.0 Å². The van der Waals surface area contributed by atoms with Gasteiger partial charge in [0.1, 0.15) is 0 Å². The van der Waals surface area contributed by atoms with E-state index in [2.05, 4.69) is 20.1 Å². The summed E-state index contributed by atoms with van der Waals surface area (Å²) in [6.07, 6.45) is 4.86. The van der Waals surface area contributed by atoms with E-state index in [4.69, 9.17) is 11.6 Å². The number of nitrogens with one attached hydrogen (secondary N) is 1.